The molecule has 0 unspecified atom stereocenters. The van der Waals surface area contributed by atoms with Gasteiger partial charge in [-0.05, 0) is 37.1 Å². The fraction of sp³-hybridized carbons (Fsp3) is 0.118. The van der Waals surface area contributed by atoms with Crippen molar-refractivity contribution in [2.45, 2.75) is 13.8 Å². The van der Waals surface area contributed by atoms with Crippen LogP contribution in [0.1, 0.15) is 25.0 Å². The summed E-state index contributed by atoms with van der Waals surface area (Å²) < 4.78 is 0. The van der Waals surface area contributed by atoms with Crippen molar-refractivity contribution in [3.63, 3.8) is 0 Å². The Morgan fingerprint density at radius 1 is 0.850 bits per heavy atom. The molecule has 2 aromatic carbocycles. The summed E-state index contributed by atoms with van der Waals surface area (Å²) in [5.74, 6) is 0. The van der Waals surface area contributed by atoms with E-state index in [2.05, 4.69) is 13.8 Å². The molecule has 3 rings (SSSR count). The highest BCUT2D eigenvalue weighted by Crippen LogP contribution is 2.42. The van der Waals surface area contributed by atoms with Crippen LogP contribution in [0.3, 0.4) is 0 Å². The van der Waals surface area contributed by atoms with E-state index in [0.29, 0.717) is 0 Å². The lowest BCUT2D eigenvalue weighted by Gasteiger charge is -2.23. The zero-order valence-corrected chi connectivity index (χ0v) is 11.6. The number of allylic oxidation sites excluding steroid dienone is 2. The number of nitrogens with zero attached hydrogens (tertiary/aromatic N) is 1. The molecule has 0 aromatic heterocycles. The maximum Gasteiger partial charge on any atom is 0.323 e. The zero-order valence-electron chi connectivity index (χ0n) is 11.6. The van der Waals surface area contributed by atoms with Gasteiger partial charge in [-0.1, -0.05) is 36.4 Å². The minimum atomic E-state index is -0.465. The van der Waals surface area contributed by atoms with Crippen molar-refractivity contribution in [1.82, 2.24) is 0 Å². The van der Waals surface area contributed by atoms with Gasteiger partial charge in [0.1, 0.15) is 0 Å². The van der Waals surface area contributed by atoms with E-state index in [1.54, 1.807) is 4.90 Å². The lowest BCUT2D eigenvalue weighted by molar-refractivity contribution is 0.256. The molecule has 0 spiro atoms. The molecule has 0 radical (unpaired) electrons. The van der Waals surface area contributed by atoms with Crippen LogP contribution in [0.25, 0.3) is 11.1 Å². The molecule has 1 aliphatic heterocycles. The molecule has 1 aliphatic rings. The van der Waals surface area contributed by atoms with E-state index in [0.717, 1.165) is 33.6 Å². The fourth-order valence-electron chi connectivity index (χ4n) is 2.74. The second-order valence-corrected chi connectivity index (χ2v) is 4.96. The van der Waals surface area contributed by atoms with Gasteiger partial charge in [-0.25, -0.2) is 4.79 Å². The number of amides is 2. The van der Waals surface area contributed by atoms with Gasteiger partial charge in [-0.2, -0.15) is 0 Å². The summed E-state index contributed by atoms with van der Waals surface area (Å²) in [6, 6.07) is 15.2. The van der Waals surface area contributed by atoms with E-state index in [-0.39, 0.29) is 0 Å². The summed E-state index contributed by atoms with van der Waals surface area (Å²) in [5, 5.41) is 0. The van der Waals surface area contributed by atoms with Crippen LogP contribution in [0.2, 0.25) is 0 Å². The third kappa shape index (κ3) is 1.71. The van der Waals surface area contributed by atoms with E-state index in [4.69, 9.17) is 5.73 Å². The molecule has 2 aromatic rings. The van der Waals surface area contributed by atoms with Crippen molar-refractivity contribution in [2.75, 3.05) is 4.90 Å². The summed E-state index contributed by atoms with van der Waals surface area (Å²) >= 11 is 0. The number of rotatable bonds is 0. The normalized spacial score (nSPS) is 13.6. The topological polar surface area (TPSA) is 46.3 Å². The molecule has 100 valence electrons. The number of fused-ring (bicyclic) bond motifs is 2. The molecule has 2 N–H and O–H groups in total. The minimum absolute atomic E-state index is 0.465. The quantitative estimate of drug-likeness (QED) is 0.762. The van der Waals surface area contributed by atoms with Crippen molar-refractivity contribution in [2.24, 2.45) is 5.73 Å². The molecular formula is C17H16N2O. The van der Waals surface area contributed by atoms with Gasteiger partial charge in [0, 0.05) is 11.1 Å². The summed E-state index contributed by atoms with van der Waals surface area (Å²) in [6.45, 7) is 4.16. The molecule has 20 heavy (non-hydrogen) atoms. The van der Waals surface area contributed by atoms with Crippen molar-refractivity contribution in [3.8, 4) is 0 Å². The van der Waals surface area contributed by atoms with Gasteiger partial charge in [0.05, 0.1) is 11.4 Å². The van der Waals surface area contributed by atoms with Gasteiger partial charge >= 0.3 is 6.03 Å². The summed E-state index contributed by atoms with van der Waals surface area (Å²) in [5.41, 5.74) is 11.7. The third-order valence-electron chi connectivity index (χ3n) is 3.88. The predicted molar refractivity (Wildman–Crippen MR) is 82.8 cm³/mol. The predicted octanol–water partition coefficient (Wildman–Crippen LogP) is 4.17. The average Bonchev–Trinajstić information content (AvgIpc) is 2.55. The lowest BCUT2D eigenvalue weighted by atomic mass is 9.97. The maximum absolute atomic E-state index is 12.0. The molecular weight excluding hydrogens is 248 g/mol. The Hall–Kier alpha value is -2.55. The van der Waals surface area contributed by atoms with Crippen LogP contribution in [0.4, 0.5) is 16.2 Å². The molecule has 0 bridgehead atoms. The van der Waals surface area contributed by atoms with Crippen molar-refractivity contribution in [1.29, 1.82) is 0 Å². The first-order chi connectivity index (χ1) is 9.61. The molecule has 3 nitrogen and oxygen atoms in total. The molecule has 0 fully saturated rings. The highest BCUT2D eigenvalue weighted by Gasteiger charge is 2.25. The molecule has 0 atom stereocenters. The van der Waals surface area contributed by atoms with Gasteiger partial charge in [-0.15, -0.1) is 0 Å². The number of benzene rings is 2. The second-order valence-electron chi connectivity index (χ2n) is 4.96. The Morgan fingerprint density at radius 3 is 1.65 bits per heavy atom. The smallest absolute Gasteiger partial charge is 0.323 e. The molecule has 1 heterocycles. The Bertz CT molecular complexity index is 676. The Kier molecular flexibility index (Phi) is 2.83. The van der Waals surface area contributed by atoms with Crippen LogP contribution in [0.5, 0.6) is 0 Å². The number of urea groups is 1. The zero-order chi connectivity index (χ0) is 14.3. The van der Waals surface area contributed by atoms with Gasteiger partial charge in [0.15, 0.2) is 0 Å². The largest absolute Gasteiger partial charge is 0.351 e. The van der Waals surface area contributed by atoms with E-state index in [1.807, 2.05) is 48.5 Å². The van der Waals surface area contributed by atoms with E-state index in [9.17, 15) is 4.79 Å². The van der Waals surface area contributed by atoms with Gasteiger partial charge < -0.3 is 5.73 Å². The second kappa shape index (κ2) is 4.53. The first-order valence-corrected chi connectivity index (χ1v) is 6.57. The number of primary amides is 1. The minimum Gasteiger partial charge on any atom is -0.351 e. The third-order valence-corrected chi connectivity index (χ3v) is 3.88. The first-order valence-electron chi connectivity index (χ1n) is 6.57. The Balaban J connectivity index is 2.42. The van der Waals surface area contributed by atoms with Gasteiger partial charge in [-0.3, -0.25) is 4.90 Å². The fourth-order valence-corrected chi connectivity index (χ4v) is 2.74. The van der Waals surface area contributed by atoms with Crippen LogP contribution in [-0.2, 0) is 0 Å². The molecule has 0 saturated heterocycles. The van der Waals surface area contributed by atoms with Crippen molar-refractivity contribution >= 4 is 28.6 Å². The molecule has 0 aliphatic carbocycles. The summed E-state index contributed by atoms with van der Waals surface area (Å²) in [6.07, 6.45) is 0. The van der Waals surface area contributed by atoms with Crippen molar-refractivity contribution < 1.29 is 4.79 Å². The van der Waals surface area contributed by atoms with Crippen molar-refractivity contribution in [3.05, 3.63) is 59.7 Å². The van der Waals surface area contributed by atoms with Crippen LogP contribution >= 0.6 is 0 Å². The SMILES string of the molecule is CC1=C(C)c2ccccc2N(C(N)=O)c2ccccc21. The number of carbonyl (C=O) groups excluding carboxylic acids is 1. The lowest BCUT2D eigenvalue weighted by Crippen LogP contribution is -2.32. The van der Waals surface area contributed by atoms with E-state index < -0.39 is 6.03 Å². The molecule has 3 heteroatoms. The van der Waals surface area contributed by atoms with Crippen LogP contribution in [0.15, 0.2) is 48.5 Å². The van der Waals surface area contributed by atoms with Gasteiger partial charge in [0.25, 0.3) is 0 Å². The number of para-hydroxylation sites is 2. The molecule has 0 saturated carbocycles. The van der Waals surface area contributed by atoms with E-state index >= 15 is 0 Å². The average molecular weight is 264 g/mol. The number of hydrogen-bond acceptors (Lipinski definition) is 1. The summed E-state index contributed by atoms with van der Waals surface area (Å²) in [4.78, 5) is 13.6. The Morgan fingerprint density at radius 2 is 1.25 bits per heavy atom. The standard InChI is InChI=1S/C17H16N2O/c1-11-12(2)14-8-4-6-10-16(14)19(17(18)20)15-9-5-3-7-13(11)15/h3-10H,1-2H3,(H2,18,20). The number of carbonyl (C=O) groups is 1. The van der Waals surface area contributed by atoms with Crippen LogP contribution in [0, 0.1) is 0 Å². The van der Waals surface area contributed by atoms with E-state index in [1.165, 1.54) is 0 Å². The van der Waals surface area contributed by atoms with Crippen LogP contribution < -0.4 is 10.6 Å². The molecule has 2 amide bonds. The maximum atomic E-state index is 12.0. The number of nitrogens with two attached hydrogens (primary N) is 1. The number of anilines is 2. The number of hydrogen-bond donors (Lipinski definition) is 1. The Labute approximate surface area is 118 Å². The monoisotopic (exact) mass is 264 g/mol. The van der Waals surface area contributed by atoms with Crippen LogP contribution in [-0.4, -0.2) is 6.03 Å². The van der Waals surface area contributed by atoms with Gasteiger partial charge in [0.2, 0.25) is 0 Å². The summed E-state index contributed by atoms with van der Waals surface area (Å²) in [7, 11) is 0. The highest BCUT2D eigenvalue weighted by atomic mass is 16.2. The first kappa shape index (κ1) is 12.5. The highest BCUT2D eigenvalue weighted by molar-refractivity contribution is 6.09.